The first-order valence-electron chi connectivity index (χ1n) is 6.12. The molecule has 0 aromatic carbocycles. The quantitative estimate of drug-likeness (QED) is 0.659. The topological polar surface area (TPSA) is 27.7 Å². The summed E-state index contributed by atoms with van der Waals surface area (Å²) in [6.45, 7) is 5.42. The van der Waals surface area contributed by atoms with Crippen molar-refractivity contribution < 1.29 is 13.3 Å². The van der Waals surface area contributed by atoms with Crippen molar-refractivity contribution in [2.45, 2.75) is 51.5 Å². The maximum absolute atomic E-state index is 5.85. The lowest BCUT2D eigenvalue weighted by Crippen LogP contribution is -2.50. The highest BCUT2D eigenvalue weighted by molar-refractivity contribution is 6.62. The fourth-order valence-electron chi connectivity index (χ4n) is 2.42. The predicted molar refractivity (Wildman–Crippen MR) is 62.9 cm³/mol. The van der Waals surface area contributed by atoms with E-state index in [1.807, 2.05) is 13.8 Å². The zero-order valence-corrected chi connectivity index (χ0v) is 11.3. The second-order valence-electron chi connectivity index (χ2n) is 4.01. The van der Waals surface area contributed by atoms with Gasteiger partial charge in [0.2, 0.25) is 0 Å². The highest BCUT2D eigenvalue weighted by atomic mass is 28.4. The second-order valence-corrected chi connectivity index (χ2v) is 7.02. The van der Waals surface area contributed by atoms with Gasteiger partial charge < -0.3 is 13.3 Å². The molecule has 0 heterocycles. The van der Waals surface area contributed by atoms with Crippen LogP contribution in [0, 0.1) is 0 Å². The van der Waals surface area contributed by atoms with Gasteiger partial charge in [0.25, 0.3) is 0 Å². The molecule has 0 amide bonds. The minimum Gasteiger partial charge on any atom is -0.377 e. The average molecular weight is 232 g/mol. The molecule has 0 aromatic heterocycles. The minimum atomic E-state index is -2.37. The van der Waals surface area contributed by atoms with Gasteiger partial charge in [-0.25, -0.2) is 0 Å². The lowest BCUT2D eigenvalue weighted by molar-refractivity contribution is 0.0705. The van der Waals surface area contributed by atoms with Crippen LogP contribution in [0.5, 0.6) is 0 Å². The second kappa shape index (κ2) is 6.63. The van der Waals surface area contributed by atoms with E-state index in [1.165, 1.54) is 32.1 Å². The molecule has 4 heteroatoms. The summed E-state index contributed by atoms with van der Waals surface area (Å²) in [7, 11) is -0.626. The van der Waals surface area contributed by atoms with Crippen molar-refractivity contribution in [2.24, 2.45) is 0 Å². The molecule has 0 spiro atoms. The van der Waals surface area contributed by atoms with Crippen molar-refractivity contribution in [3.05, 3.63) is 0 Å². The van der Waals surface area contributed by atoms with E-state index in [1.54, 1.807) is 7.11 Å². The monoisotopic (exact) mass is 232 g/mol. The zero-order valence-electron chi connectivity index (χ0n) is 10.3. The first-order valence-corrected chi connectivity index (χ1v) is 7.92. The van der Waals surface area contributed by atoms with Crippen LogP contribution in [0.2, 0.25) is 5.54 Å². The highest BCUT2D eigenvalue weighted by Gasteiger charge is 2.48. The third kappa shape index (κ3) is 3.28. The Morgan fingerprint density at radius 1 is 1.00 bits per heavy atom. The zero-order chi connectivity index (χ0) is 11.1. The van der Waals surface area contributed by atoms with Gasteiger partial charge in [-0.3, -0.25) is 0 Å². The summed E-state index contributed by atoms with van der Waals surface area (Å²) < 4.78 is 17.4. The van der Waals surface area contributed by atoms with E-state index in [0.29, 0.717) is 18.8 Å². The van der Waals surface area contributed by atoms with Crippen LogP contribution in [-0.2, 0) is 13.3 Å². The fourth-order valence-corrected chi connectivity index (χ4v) is 5.46. The normalized spacial score (nSPS) is 19.4. The van der Waals surface area contributed by atoms with E-state index in [0.717, 1.165) is 0 Å². The molecule has 1 aliphatic carbocycles. The molecule has 0 atom stereocenters. The van der Waals surface area contributed by atoms with E-state index in [9.17, 15) is 0 Å². The van der Waals surface area contributed by atoms with Crippen LogP contribution in [0.1, 0.15) is 46.0 Å². The number of rotatable bonds is 6. The van der Waals surface area contributed by atoms with E-state index in [4.69, 9.17) is 13.3 Å². The van der Waals surface area contributed by atoms with Crippen molar-refractivity contribution in [1.82, 2.24) is 0 Å². The van der Waals surface area contributed by atoms with Crippen molar-refractivity contribution in [3.8, 4) is 0 Å². The molecule has 0 bridgehead atoms. The minimum absolute atomic E-state index is 0.524. The molecule has 0 aliphatic heterocycles. The Bertz CT molecular complexity index is 163. The van der Waals surface area contributed by atoms with E-state index in [2.05, 4.69) is 0 Å². The van der Waals surface area contributed by atoms with E-state index in [-0.39, 0.29) is 0 Å². The molecule has 0 saturated heterocycles. The van der Waals surface area contributed by atoms with Crippen LogP contribution >= 0.6 is 0 Å². The summed E-state index contributed by atoms with van der Waals surface area (Å²) in [5.74, 6) is 0. The Kier molecular flexibility index (Phi) is 5.82. The summed E-state index contributed by atoms with van der Waals surface area (Å²) in [5, 5.41) is 0. The van der Waals surface area contributed by atoms with Gasteiger partial charge in [0.05, 0.1) is 0 Å². The highest BCUT2D eigenvalue weighted by Crippen LogP contribution is 2.38. The third-order valence-electron chi connectivity index (χ3n) is 3.08. The summed E-state index contributed by atoms with van der Waals surface area (Å²) in [4.78, 5) is 0. The van der Waals surface area contributed by atoms with Crippen molar-refractivity contribution in [3.63, 3.8) is 0 Å². The van der Waals surface area contributed by atoms with Gasteiger partial charge >= 0.3 is 8.80 Å². The van der Waals surface area contributed by atoms with Crippen molar-refractivity contribution >= 4 is 8.80 Å². The summed E-state index contributed by atoms with van der Waals surface area (Å²) in [6, 6.07) is 0. The molecule has 1 fully saturated rings. The Labute approximate surface area is 94.5 Å². The van der Waals surface area contributed by atoms with Crippen LogP contribution in [-0.4, -0.2) is 29.1 Å². The van der Waals surface area contributed by atoms with Crippen LogP contribution < -0.4 is 0 Å². The molecule has 15 heavy (non-hydrogen) atoms. The predicted octanol–water partition coefficient (Wildman–Crippen LogP) is 2.98. The van der Waals surface area contributed by atoms with Crippen molar-refractivity contribution in [2.75, 3.05) is 20.3 Å². The van der Waals surface area contributed by atoms with Gasteiger partial charge in [-0.15, -0.1) is 0 Å². The molecule has 90 valence electrons. The van der Waals surface area contributed by atoms with Gasteiger partial charge in [0.15, 0.2) is 0 Å². The molecule has 0 N–H and O–H groups in total. The molecule has 0 unspecified atom stereocenters. The van der Waals surface area contributed by atoms with Gasteiger partial charge in [0.1, 0.15) is 0 Å². The fraction of sp³-hybridized carbons (Fsp3) is 1.00. The van der Waals surface area contributed by atoms with E-state index < -0.39 is 8.80 Å². The smallest absolute Gasteiger partial charge is 0.377 e. The molecular weight excluding hydrogens is 208 g/mol. The Hall–Kier alpha value is 0.0969. The largest absolute Gasteiger partial charge is 0.503 e. The van der Waals surface area contributed by atoms with E-state index >= 15 is 0 Å². The van der Waals surface area contributed by atoms with Gasteiger partial charge in [-0.05, 0) is 26.7 Å². The summed E-state index contributed by atoms with van der Waals surface area (Å²) in [5.41, 5.74) is 0.524. The summed E-state index contributed by atoms with van der Waals surface area (Å²) >= 11 is 0. The molecule has 0 aromatic rings. The Balaban J connectivity index is 2.66. The number of hydrogen-bond donors (Lipinski definition) is 0. The summed E-state index contributed by atoms with van der Waals surface area (Å²) in [6.07, 6.45) is 6.36. The maximum Gasteiger partial charge on any atom is 0.503 e. The number of hydrogen-bond acceptors (Lipinski definition) is 3. The van der Waals surface area contributed by atoms with Crippen LogP contribution in [0.3, 0.4) is 0 Å². The average Bonchev–Trinajstić information content (AvgIpc) is 2.30. The van der Waals surface area contributed by atoms with Crippen LogP contribution in [0.25, 0.3) is 0 Å². The molecule has 3 nitrogen and oxygen atoms in total. The lowest BCUT2D eigenvalue weighted by Gasteiger charge is -2.36. The molecule has 0 radical (unpaired) electrons. The molecule has 1 saturated carbocycles. The van der Waals surface area contributed by atoms with Crippen LogP contribution in [0.4, 0.5) is 0 Å². The van der Waals surface area contributed by atoms with Gasteiger partial charge in [-0.2, -0.15) is 0 Å². The third-order valence-corrected chi connectivity index (χ3v) is 6.61. The first kappa shape index (κ1) is 13.2. The van der Waals surface area contributed by atoms with Crippen LogP contribution in [0.15, 0.2) is 0 Å². The molecule has 1 rings (SSSR count). The SMILES string of the molecule is CCO[Si](OC)(OCC)C1CCCCC1. The van der Waals surface area contributed by atoms with Gasteiger partial charge in [0, 0.05) is 25.9 Å². The molecular formula is C11H24O3Si. The Morgan fingerprint density at radius 2 is 1.53 bits per heavy atom. The first-order chi connectivity index (χ1) is 7.29. The lowest BCUT2D eigenvalue weighted by atomic mass is 10.0. The molecule has 1 aliphatic rings. The van der Waals surface area contributed by atoms with Crippen molar-refractivity contribution in [1.29, 1.82) is 0 Å². The standard InChI is InChI=1S/C11H24O3Si/c1-4-13-15(12-3,14-5-2)11-9-7-6-8-10-11/h11H,4-10H2,1-3H3. The van der Waals surface area contributed by atoms with Gasteiger partial charge in [-0.1, -0.05) is 19.3 Å². The Morgan fingerprint density at radius 3 is 1.93 bits per heavy atom. The maximum atomic E-state index is 5.85.